The van der Waals surface area contributed by atoms with E-state index in [0.717, 1.165) is 48.1 Å². The molecule has 0 bridgehead atoms. The molecule has 5 nitrogen and oxygen atoms in total. The van der Waals surface area contributed by atoms with Crippen LogP contribution < -0.4 is 5.32 Å². The maximum absolute atomic E-state index is 4.70. The van der Waals surface area contributed by atoms with Crippen LogP contribution in [0.25, 0.3) is 5.82 Å². The van der Waals surface area contributed by atoms with E-state index in [-0.39, 0.29) is 0 Å². The molecule has 0 fully saturated rings. The lowest BCUT2D eigenvalue weighted by atomic mass is 10.1. The highest BCUT2D eigenvalue weighted by atomic mass is 15.3. The molecule has 0 aliphatic rings. The first kappa shape index (κ1) is 15.5. The van der Waals surface area contributed by atoms with E-state index in [1.165, 1.54) is 0 Å². The summed E-state index contributed by atoms with van der Waals surface area (Å²) in [4.78, 5) is 9.31. The zero-order chi connectivity index (χ0) is 15.4. The van der Waals surface area contributed by atoms with Crippen LogP contribution in [-0.2, 0) is 6.42 Å². The summed E-state index contributed by atoms with van der Waals surface area (Å²) in [5.74, 6) is 3.07. The summed E-state index contributed by atoms with van der Waals surface area (Å²) < 4.78 is 1.87. The van der Waals surface area contributed by atoms with Gasteiger partial charge in [0.1, 0.15) is 11.6 Å². The maximum Gasteiger partial charge on any atom is 0.162 e. The van der Waals surface area contributed by atoms with Gasteiger partial charge in [0, 0.05) is 24.7 Å². The first-order valence-corrected chi connectivity index (χ1v) is 7.74. The maximum atomic E-state index is 4.70. The SMILES string of the molecule is CCCc1nc(NCC)c(C)c(-n2ccc(C(C)C)n2)n1. The van der Waals surface area contributed by atoms with Crippen LogP contribution in [0.2, 0.25) is 0 Å². The van der Waals surface area contributed by atoms with Crippen molar-refractivity contribution in [3.8, 4) is 5.82 Å². The van der Waals surface area contributed by atoms with Crippen LogP contribution in [0.4, 0.5) is 5.82 Å². The average Bonchev–Trinajstić information content (AvgIpc) is 2.92. The molecule has 2 aromatic heterocycles. The Kier molecular flexibility index (Phi) is 4.94. The van der Waals surface area contributed by atoms with Gasteiger partial charge in [0.2, 0.25) is 0 Å². The lowest BCUT2D eigenvalue weighted by Crippen LogP contribution is -2.12. The Labute approximate surface area is 126 Å². The second kappa shape index (κ2) is 6.70. The van der Waals surface area contributed by atoms with E-state index in [9.17, 15) is 0 Å². The normalized spacial score (nSPS) is 11.1. The van der Waals surface area contributed by atoms with E-state index in [4.69, 9.17) is 4.98 Å². The van der Waals surface area contributed by atoms with E-state index >= 15 is 0 Å². The molecule has 5 heteroatoms. The topological polar surface area (TPSA) is 55.6 Å². The lowest BCUT2D eigenvalue weighted by molar-refractivity contribution is 0.738. The van der Waals surface area contributed by atoms with Gasteiger partial charge in [0.05, 0.1) is 5.69 Å². The Hall–Kier alpha value is -1.91. The predicted octanol–water partition coefficient (Wildman–Crippen LogP) is 3.48. The molecule has 0 amide bonds. The highest BCUT2D eigenvalue weighted by Crippen LogP contribution is 2.21. The van der Waals surface area contributed by atoms with Crippen LogP contribution in [0.15, 0.2) is 12.3 Å². The molecule has 2 heterocycles. The van der Waals surface area contributed by atoms with Crippen LogP contribution >= 0.6 is 0 Å². The fourth-order valence-electron chi connectivity index (χ4n) is 2.21. The van der Waals surface area contributed by atoms with Gasteiger partial charge in [-0.15, -0.1) is 0 Å². The lowest BCUT2D eigenvalue weighted by Gasteiger charge is -2.13. The average molecular weight is 287 g/mol. The van der Waals surface area contributed by atoms with Gasteiger partial charge < -0.3 is 5.32 Å². The molecule has 0 aliphatic heterocycles. The van der Waals surface area contributed by atoms with Crippen molar-refractivity contribution in [1.29, 1.82) is 0 Å². The molecule has 0 aliphatic carbocycles. The fourth-order valence-corrected chi connectivity index (χ4v) is 2.21. The molecular weight excluding hydrogens is 262 g/mol. The van der Waals surface area contributed by atoms with Gasteiger partial charge in [-0.3, -0.25) is 0 Å². The van der Waals surface area contributed by atoms with Gasteiger partial charge in [-0.25, -0.2) is 14.6 Å². The number of anilines is 1. The summed E-state index contributed by atoms with van der Waals surface area (Å²) in [5, 5.41) is 7.96. The molecule has 0 atom stereocenters. The van der Waals surface area contributed by atoms with Crippen molar-refractivity contribution in [2.45, 2.75) is 53.4 Å². The number of nitrogens with one attached hydrogen (secondary N) is 1. The van der Waals surface area contributed by atoms with Crippen molar-refractivity contribution < 1.29 is 0 Å². The molecule has 2 rings (SSSR count). The van der Waals surface area contributed by atoms with Crippen molar-refractivity contribution >= 4 is 5.82 Å². The van der Waals surface area contributed by atoms with Gasteiger partial charge in [-0.05, 0) is 32.3 Å². The summed E-state index contributed by atoms with van der Waals surface area (Å²) in [7, 11) is 0. The smallest absolute Gasteiger partial charge is 0.162 e. The largest absolute Gasteiger partial charge is 0.370 e. The van der Waals surface area contributed by atoms with Crippen LogP contribution in [0, 0.1) is 6.92 Å². The summed E-state index contributed by atoms with van der Waals surface area (Å²) in [5.41, 5.74) is 2.12. The molecule has 0 aromatic carbocycles. The standard InChI is InChI=1S/C16H25N5/c1-6-8-14-18-15(17-7-2)12(5)16(19-14)21-10-9-13(20-21)11(3)4/h9-11H,6-8H2,1-5H3,(H,17,18,19). The summed E-state index contributed by atoms with van der Waals surface area (Å²) >= 11 is 0. The zero-order valence-electron chi connectivity index (χ0n) is 13.6. The molecule has 0 unspecified atom stereocenters. The van der Waals surface area contributed by atoms with Crippen LogP contribution in [0.5, 0.6) is 0 Å². The molecule has 2 aromatic rings. The summed E-state index contributed by atoms with van der Waals surface area (Å²) in [6.07, 6.45) is 3.89. The van der Waals surface area contributed by atoms with E-state index in [1.807, 2.05) is 17.8 Å². The molecule has 0 radical (unpaired) electrons. The highest BCUT2D eigenvalue weighted by molar-refractivity contribution is 5.51. The Morgan fingerprint density at radius 1 is 1.24 bits per heavy atom. The fraction of sp³-hybridized carbons (Fsp3) is 0.562. The molecule has 21 heavy (non-hydrogen) atoms. The van der Waals surface area contributed by atoms with Crippen molar-refractivity contribution in [2.75, 3.05) is 11.9 Å². The molecule has 0 saturated carbocycles. The van der Waals surface area contributed by atoms with Crippen molar-refractivity contribution in [3.63, 3.8) is 0 Å². The minimum Gasteiger partial charge on any atom is -0.370 e. The Morgan fingerprint density at radius 3 is 2.57 bits per heavy atom. The third-order valence-electron chi connectivity index (χ3n) is 3.40. The van der Waals surface area contributed by atoms with E-state index in [2.05, 4.69) is 49.2 Å². The number of aromatic nitrogens is 4. The van der Waals surface area contributed by atoms with Crippen LogP contribution in [0.3, 0.4) is 0 Å². The first-order valence-electron chi connectivity index (χ1n) is 7.74. The molecule has 114 valence electrons. The van der Waals surface area contributed by atoms with Gasteiger partial charge in [-0.1, -0.05) is 20.8 Å². The number of hydrogen-bond acceptors (Lipinski definition) is 4. The van der Waals surface area contributed by atoms with E-state index in [1.54, 1.807) is 0 Å². The summed E-state index contributed by atoms with van der Waals surface area (Å²) in [6.45, 7) is 11.4. The third kappa shape index (κ3) is 3.40. The second-order valence-corrected chi connectivity index (χ2v) is 5.56. The molecular formula is C16H25N5. The Balaban J connectivity index is 2.48. The van der Waals surface area contributed by atoms with Gasteiger partial charge in [-0.2, -0.15) is 5.10 Å². The number of hydrogen-bond donors (Lipinski definition) is 1. The minimum atomic E-state index is 0.414. The van der Waals surface area contributed by atoms with E-state index < -0.39 is 0 Å². The Bertz CT molecular complexity index is 601. The van der Waals surface area contributed by atoms with Gasteiger partial charge in [0.25, 0.3) is 0 Å². The predicted molar refractivity (Wildman–Crippen MR) is 86.1 cm³/mol. The molecule has 0 saturated heterocycles. The quantitative estimate of drug-likeness (QED) is 0.883. The van der Waals surface area contributed by atoms with Gasteiger partial charge in [0.15, 0.2) is 5.82 Å². The summed E-state index contributed by atoms with van der Waals surface area (Å²) in [6, 6.07) is 2.05. The highest BCUT2D eigenvalue weighted by Gasteiger charge is 2.13. The first-order chi connectivity index (χ1) is 10.1. The molecule has 0 spiro atoms. The Morgan fingerprint density at radius 2 is 2.00 bits per heavy atom. The minimum absolute atomic E-state index is 0.414. The van der Waals surface area contributed by atoms with Crippen LogP contribution in [0.1, 0.15) is 57.1 Å². The van der Waals surface area contributed by atoms with Gasteiger partial charge >= 0.3 is 0 Å². The number of nitrogens with zero attached hydrogens (tertiary/aromatic N) is 4. The van der Waals surface area contributed by atoms with Crippen LogP contribution in [-0.4, -0.2) is 26.3 Å². The third-order valence-corrected chi connectivity index (χ3v) is 3.40. The zero-order valence-corrected chi connectivity index (χ0v) is 13.6. The van der Waals surface area contributed by atoms with Crippen molar-refractivity contribution in [2.24, 2.45) is 0 Å². The van der Waals surface area contributed by atoms with Crippen molar-refractivity contribution in [1.82, 2.24) is 19.7 Å². The number of rotatable bonds is 6. The monoisotopic (exact) mass is 287 g/mol. The number of aryl methyl sites for hydroxylation is 1. The second-order valence-electron chi connectivity index (χ2n) is 5.56. The van der Waals surface area contributed by atoms with Crippen molar-refractivity contribution in [3.05, 3.63) is 29.3 Å². The molecule has 1 N–H and O–H groups in total. The van der Waals surface area contributed by atoms with E-state index in [0.29, 0.717) is 5.92 Å².